The molecule has 196 valence electrons. The molecule has 1 aliphatic rings. The van der Waals surface area contributed by atoms with Crippen molar-refractivity contribution >= 4 is 46.0 Å². The van der Waals surface area contributed by atoms with Gasteiger partial charge in [-0.2, -0.15) is 13.2 Å². The molecular formula is C20H20Cl2F3N5O6. The van der Waals surface area contributed by atoms with E-state index in [0.717, 1.165) is 0 Å². The van der Waals surface area contributed by atoms with Gasteiger partial charge in [0.15, 0.2) is 12.0 Å². The summed E-state index contributed by atoms with van der Waals surface area (Å²) in [6, 6.07) is 6.39. The van der Waals surface area contributed by atoms with Crippen LogP contribution in [0.2, 0.25) is 10.0 Å². The summed E-state index contributed by atoms with van der Waals surface area (Å²) in [5, 5.41) is 40.3. The molecule has 36 heavy (non-hydrogen) atoms. The molecule has 0 spiro atoms. The monoisotopic (exact) mass is 553 g/mol. The number of carboxylic acids is 1. The number of alkyl halides is 3. The fourth-order valence-electron chi connectivity index (χ4n) is 3.46. The zero-order valence-electron chi connectivity index (χ0n) is 18.2. The Kier molecular flexibility index (Phi) is 8.61. The van der Waals surface area contributed by atoms with Crippen LogP contribution in [0.4, 0.5) is 19.0 Å². The number of anilines is 1. The summed E-state index contributed by atoms with van der Waals surface area (Å²) in [6.07, 6.45) is -7.92. The third-order valence-corrected chi connectivity index (χ3v) is 5.88. The Bertz CT molecular complexity index is 1230. The molecule has 1 saturated heterocycles. The number of halogens is 5. The first-order chi connectivity index (χ1) is 16.9. The lowest BCUT2D eigenvalue weighted by Crippen LogP contribution is -2.34. The van der Waals surface area contributed by atoms with Crippen molar-refractivity contribution in [2.45, 2.75) is 36.8 Å². The number of nitrogens with one attached hydrogen (secondary N) is 2. The Labute approximate surface area is 211 Å². The molecule has 0 aliphatic carbocycles. The molecule has 0 unspecified atom stereocenters. The second kappa shape index (κ2) is 11.1. The minimum atomic E-state index is -5.08. The van der Waals surface area contributed by atoms with Crippen molar-refractivity contribution in [3.8, 4) is 0 Å². The van der Waals surface area contributed by atoms with Gasteiger partial charge in [0, 0.05) is 13.2 Å². The summed E-state index contributed by atoms with van der Waals surface area (Å²) in [5.74, 6) is -2.20. The molecule has 0 amide bonds. The number of rotatable bonds is 5. The molecule has 3 aromatic rings. The fraction of sp³-hybridized carbons (Fsp3) is 0.350. The number of ether oxygens (including phenoxy) is 1. The molecule has 1 aliphatic heterocycles. The van der Waals surface area contributed by atoms with Gasteiger partial charge in [-0.05, 0) is 23.8 Å². The van der Waals surface area contributed by atoms with Crippen LogP contribution < -0.4 is 10.9 Å². The number of carbonyl (C=O) groups is 1. The molecule has 11 nitrogen and oxygen atoms in total. The quantitative estimate of drug-likeness (QED) is 0.258. The largest absolute Gasteiger partial charge is 0.490 e. The zero-order chi connectivity index (χ0) is 26.8. The molecule has 3 heterocycles. The second-order valence-electron chi connectivity index (χ2n) is 7.45. The third kappa shape index (κ3) is 5.81. The van der Waals surface area contributed by atoms with Crippen LogP contribution in [0, 0.1) is 0 Å². The van der Waals surface area contributed by atoms with Crippen molar-refractivity contribution in [2.24, 2.45) is 0 Å². The maximum Gasteiger partial charge on any atom is 0.490 e. The number of aliphatic carboxylic acids is 1. The number of carboxylic acid groups (broad SMARTS) is 1. The summed E-state index contributed by atoms with van der Waals surface area (Å²) in [4.78, 5) is 17.3. The lowest BCUT2D eigenvalue weighted by molar-refractivity contribution is -0.192. The topological polar surface area (TPSA) is 162 Å². The van der Waals surface area contributed by atoms with E-state index in [9.17, 15) is 28.5 Å². The predicted molar refractivity (Wildman–Crippen MR) is 121 cm³/mol. The summed E-state index contributed by atoms with van der Waals surface area (Å²) < 4.78 is 39.2. The highest BCUT2D eigenvalue weighted by atomic mass is 35.5. The first-order valence-corrected chi connectivity index (χ1v) is 10.8. The molecule has 4 rings (SSSR count). The van der Waals surface area contributed by atoms with Gasteiger partial charge in [-0.1, -0.05) is 29.3 Å². The molecule has 5 atom stereocenters. The molecule has 6 N–H and O–H groups in total. The van der Waals surface area contributed by atoms with E-state index < -0.39 is 42.8 Å². The highest BCUT2D eigenvalue weighted by molar-refractivity contribution is 6.42. The number of hydrogen-bond donors (Lipinski definition) is 6. The Morgan fingerprint density at radius 1 is 1.17 bits per heavy atom. The van der Waals surface area contributed by atoms with Crippen LogP contribution in [0.25, 0.3) is 11.0 Å². The van der Waals surface area contributed by atoms with Crippen LogP contribution in [0.5, 0.6) is 0 Å². The van der Waals surface area contributed by atoms with Gasteiger partial charge >= 0.3 is 12.1 Å². The first-order valence-electron chi connectivity index (χ1n) is 10.1. The zero-order valence-corrected chi connectivity index (χ0v) is 19.7. The SMILES string of the molecule is CNNc1ncnc2c1ccn2[C@@H]1O[C@H]([C@H](O)c2ccc(Cl)c(Cl)c2)[C@@H](O)[C@H]1O.O=C(O)C(F)(F)F. The second-order valence-corrected chi connectivity index (χ2v) is 8.27. The van der Waals surface area contributed by atoms with Gasteiger partial charge in [0.2, 0.25) is 0 Å². The Morgan fingerprint density at radius 2 is 1.83 bits per heavy atom. The number of hydrogen-bond acceptors (Lipinski definition) is 9. The van der Waals surface area contributed by atoms with Crippen molar-refractivity contribution in [3.63, 3.8) is 0 Å². The molecule has 1 fully saturated rings. The molecule has 0 bridgehead atoms. The minimum absolute atomic E-state index is 0.269. The lowest BCUT2D eigenvalue weighted by atomic mass is 9.99. The minimum Gasteiger partial charge on any atom is -0.475 e. The molecule has 16 heteroatoms. The number of fused-ring (bicyclic) bond motifs is 1. The Balaban J connectivity index is 0.000000454. The van der Waals surface area contributed by atoms with E-state index in [1.54, 1.807) is 36.0 Å². The maximum atomic E-state index is 10.7. The number of aromatic nitrogens is 3. The number of aliphatic hydroxyl groups excluding tert-OH is 3. The van der Waals surface area contributed by atoms with Crippen LogP contribution in [0.3, 0.4) is 0 Å². The summed E-state index contributed by atoms with van der Waals surface area (Å²) in [7, 11) is 1.71. The smallest absolute Gasteiger partial charge is 0.475 e. The maximum absolute atomic E-state index is 10.7. The summed E-state index contributed by atoms with van der Waals surface area (Å²) >= 11 is 11.9. The standard InChI is InChI=1S/C18H19Cl2N5O4.C2HF3O2/c1-21-24-16-9-4-5-25(17(9)23-7-22-16)18-14(28)13(27)15(29-18)12(26)8-2-3-10(19)11(20)6-8;3-2(4,5)1(6)7/h2-7,12-15,18,21,26-28H,1H3,(H,22,23,24);(H,6,7)/t12-,13+,14-,15-,18-;/m1./s1. The van der Waals surface area contributed by atoms with Crippen molar-refractivity contribution in [2.75, 3.05) is 12.5 Å². The highest BCUT2D eigenvalue weighted by Crippen LogP contribution is 2.38. The van der Waals surface area contributed by atoms with E-state index in [1.165, 1.54) is 12.4 Å². The average molecular weight is 554 g/mol. The first kappa shape index (κ1) is 27.9. The number of nitrogens with zero attached hydrogens (tertiary/aromatic N) is 3. The van der Waals surface area contributed by atoms with E-state index in [0.29, 0.717) is 27.4 Å². The van der Waals surface area contributed by atoms with Crippen LogP contribution in [0.15, 0.2) is 36.8 Å². The van der Waals surface area contributed by atoms with Crippen molar-refractivity contribution in [3.05, 3.63) is 52.4 Å². The Hall–Kier alpha value is -2.72. The van der Waals surface area contributed by atoms with Gasteiger partial charge in [0.1, 0.15) is 36.4 Å². The van der Waals surface area contributed by atoms with Crippen LogP contribution >= 0.6 is 23.2 Å². The Morgan fingerprint density at radius 3 is 2.42 bits per heavy atom. The van der Waals surface area contributed by atoms with Crippen LogP contribution in [-0.4, -0.2) is 72.5 Å². The molecule has 0 saturated carbocycles. The lowest BCUT2D eigenvalue weighted by Gasteiger charge is -2.21. The van der Waals surface area contributed by atoms with Crippen molar-refractivity contribution in [1.82, 2.24) is 20.0 Å². The average Bonchev–Trinajstić information content (AvgIpc) is 3.37. The predicted octanol–water partition coefficient (Wildman–Crippen LogP) is 2.27. The van der Waals surface area contributed by atoms with Gasteiger partial charge in [-0.25, -0.2) is 20.2 Å². The fourth-order valence-corrected chi connectivity index (χ4v) is 3.76. The van der Waals surface area contributed by atoms with Gasteiger partial charge in [0.25, 0.3) is 0 Å². The number of hydrazine groups is 1. The van der Waals surface area contributed by atoms with E-state index in [1.807, 2.05) is 0 Å². The van der Waals surface area contributed by atoms with E-state index >= 15 is 0 Å². The number of benzene rings is 1. The van der Waals surface area contributed by atoms with Gasteiger partial charge in [0.05, 0.1) is 15.4 Å². The van der Waals surface area contributed by atoms with Crippen LogP contribution in [0.1, 0.15) is 17.9 Å². The molecular weight excluding hydrogens is 534 g/mol. The van der Waals surface area contributed by atoms with E-state index in [2.05, 4.69) is 20.8 Å². The normalized spacial score (nSPS) is 22.7. The van der Waals surface area contributed by atoms with Gasteiger partial charge in [-0.3, -0.25) is 0 Å². The third-order valence-electron chi connectivity index (χ3n) is 5.14. The molecule has 2 aromatic heterocycles. The summed E-state index contributed by atoms with van der Waals surface area (Å²) in [5.41, 5.74) is 6.61. The summed E-state index contributed by atoms with van der Waals surface area (Å²) in [6.45, 7) is 0. The molecule has 0 radical (unpaired) electrons. The van der Waals surface area contributed by atoms with Gasteiger partial charge < -0.3 is 35.2 Å². The van der Waals surface area contributed by atoms with E-state index in [4.69, 9.17) is 37.8 Å². The van der Waals surface area contributed by atoms with Gasteiger partial charge in [-0.15, -0.1) is 0 Å². The van der Waals surface area contributed by atoms with Crippen LogP contribution in [-0.2, 0) is 9.53 Å². The highest BCUT2D eigenvalue weighted by Gasteiger charge is 2.47. The van der Waals surface area contributed by atoms with Crippen molar-refractivity contribution < 1.29 is 43.1 Å². The van der Waals surface area contributed by atoms with Crippen molar-refractivity contribution in [1.29, 1.82) is 0 Å². The molecule has 1 aromatic carbocycles. The van der Waals surface area contributed by atoms with E-state index in [-0.39, 0.29) is 5.02 Å². The number of aliphatic hydroxyl groups is 3.